The number of para-hydroxylation sites is 1. The molecule has 0 spiro atoms. The maximum absolute atomic E-state index is 12.4. The third kappa shape index (κ3) is 5.33. The lowest BCUT2D eigenvalue weighted by Gasteiger charge is -2.32. The molecule has 0 bridgehead atoms. The third-order valence-corrected chi connectivity index (χ3v) is 4.62. The predicted molar refractivity (Wildman–Crippen MR) is 109 cm³/mol. The summed E-state index contributed by atoms with van der Waals surface area (Å²) < 4.78 is 0. The van der Waals surface area contributed by atoms with Gasteiger partial charge in [-0.15, -0.1) is 0 Å². The van der Waals surface area contributed by atoms with Crippen molar-refractivity contribution >= 4 is 23.8 Å². The van der Waals surface area contributed by atoms with Gasteiger partial charge in [-0.25, -0.2) is 4.79 Å². The number of anilines is 1. The summed E-state index contributed by atoms with van der Waals surface area (Å²) in [6, 6.07) is 16.5. The van der Waals surface area contributed by atoms with Crippen LogP contribution in [0.25, 0.3) is 0 Å². The highest BCUT2D eigenvalue weighted by molar-refractivity contribution is 5.95. The van der Waals surface area contributed by atoms with Crippen LogP contribution in [0, 0.1) is 0 Å². The highest BCUT2D eigenvalue weighted by Gasteiger charge is 2.24. The van der Waals surface area contributed by atoms with Crippen LogP contribution in [0.15, 0.2) is 59.8 Å². The fourth-order valence-corrected chi connectivity index (χ4v) is 3.05. The Bertz CT molecular complexity index is 813. The number of urea groups is 1. The first-order valence-electron chi connectivity index (χ1n) is 9.24. The number of nitrogens with zero attached hydrogens (tertiary/aromatic N) is 2. The number of nitrogens with one attached hydrogen (secondary N) is 2. The van der Waals surface area contributed by atoms with E-state index in [0.29, 0.717) is 18.7 Å². The van der Waals surface area contributed by atoms with E-state index in [-0.39, 0.29) is 18.0 Å². The molecule has 3 rings (SSSR count). The van der Waals surface area contributed by atoms with Gasteiger partial charge in [0.15, 0.2) is 0 Å². The zero-order chi connectivity index (χ0) is 19.8. The summed E-state index contributed by atoms with van der Waals surface area (Å²) in [5, 5.41) is 9.64. The number of rotatable bonds is 5. The third-order valence-electron chi connectivity index (χ3n) is 4.62. The largest absolute Gasteiger partial charge is 0.399 e. The van der Waals surface area contributed by atoms with Crippen LogP contribution >= 0.6 is 0 Å². The number of piperidine rings is 1. The maximum atomic E-state index is 12.4. The van der Waals surface area contributed by atoms with E-state index in [4.69, 9.17) is 0 Å². The molecule has 0 saturated carbocycles. The number of oxime groups is 1. The van der Waals surface area contributed by atoms with Crippen LogP contribution in [0.2, 0.25) is 0 Å². The summed E-state index contributed by atoms with van der Waals surface area (Å²) in [5.74, 6) is -0.109. The van der Waals surface area contributed by atoms with Gasteiger partial charge in [0.05, 0.1) is 6.21 Å². The maximum Gasteiger partial charge on any atom is 0.321 e. The van der Waals surface area contributed by atoms with E-state index in [1.165, 1.54) is 7.11 Å². The number of likely N-dealkylation sites (tertiary alicyclic amines) is 1. The second-order valence-corrected chi connectivity index (χ2v) is 6.57. The monoisotopic (exact) mass is 380 g/mol. The van der Waals surface area contributed by atoms with E-state index in [9.17, 15) is 9.59 Å². The first-order chi connectivity index (χ1) is 13.7. The van der Waals surface area contributed by atoms with Crippen molar-refractivity contribution in [3.8, 4) is 0 Å². The molecule has 0 atom stereocenters. The topological polar surface area (TPSA) is 83.0 Å². The Balaban J connectivity index is 1.46. The molecule has 1 saturated heterocycles. The van der Waals surface area contributed by atoms with Gasteiger partial charge in [-0.2, -0.15) is 0 Å². The zero-order valence-corrected chi connectivity index (χ0v) is 15.8. The lowest BCUT2D eigenvalue weighted by Crippen LogP contribution is -2.47. The van der Waals surface area contributed by atoms with Crippen LogP contribution in [0.3, 0.4) is 0 Å². The molecule has 2 N–H and O–H groups in total. The summed E-state index contributed by atoms with van der Waals surface area (Å²) in [7, 11) is 1.48. The van der Waals surface area contributed by atoms with Gasteiger partial charge in [-0.05, 0) is 42.7 Å². The van der Waals surface area contributed by atoms with Gasteiger partial charge >= 0.3 is 6.03 Å². The van der Waals surface area contributed by atoms with Crippen LogP contribution in [0.4, 0.5) is 10.5 Å². The van der Waals surface area contributed by atoms with Gasteiger partial charge < -0.3 is 20.4 Å². The summed E-state index contributed by atoms with van der Waals surface area (Å²) >= 11 is 0. The minimum atomic E-state index is -0.109. The highest BCUT2D eigenvalue weighted by Crippen LogP contribution is 2.14. The van der Waals surface area contributed by atoms with E-state index in [1.54, 1.807) is 23.2 Å². The standard InChI is InChI=1S/C21H24N4O3/c1-28-22-15-16-7-9-17(10-8-16)20(26)23-19-11-13-25(14-12-19)21(27)24-18-5-3-2-4-6-18/h2-10,15,19H,11-14H2,1H3,(H,23,26)(H,24,27)/b22-15+. The van der Waals surface area contributed by atoms with Gasteiger partial charge in [0.2, 0.25) is 0 Å². The number of carbonyl (C=O) groups is 2. The van der Waals surface area contributed by atoms with Gasteiger partial charge in [-0.3, -0.25) is 4.79 Å². The predicted octanol–water partition coefficient (Wildman–Crippen LogP) is 3.09. The van der Waals surface area contributed by atoms with Crippen molar-refractivity contribution in [3.05, 3.63) is 65.7 Å². The summed E-state index contributed by atoms with van der Waals surface area (Å²) in [6.07, 6.45) is 3.04. The van der Waals surface area contributed by atoms with E-state index in [1.807, 2.05) is 42.5 Å². The molecular formula is C21H24N4O3. The van der Waals surface area contributed by atoms with Crippen molar-refractivity contribution < 1.29 is 14.4 Å². The van der Waals surface area contributed by atoms with Crippen molar-refractivity contribution in [3.63, 3.8) is 0 Å². The summed E-state index contributed by atoms with van der Waals surface area (Å²) in [4.78, 5) is 31.2. The molecule has 0 aromatic heterocycles. The quantitative estimate of drug-likeness (QED) is 0.618. The Morgan fingerprint density at radius 1 is 1.07 bits per heavy atom. The molecule has 2 aromatic rings. The zero-order valence-electron chi connectivity index (χ0n) is 15.8. The SMILES string of the molecule is CO/N=C/c1ccc(C(=O)NC2CCN(C(=O)Nc3ccccc3)CC2)cc1. The molecule has 2 aromatic carbocycles. The van der Waals surface area contributed by atoms with Crippen LogP contribution in [0.1, 0.15) is 28.8 Å². The van der Waals surface area contributed by atoms with Gasteiger partial charge in [0.1, 0.15) is 7.11 Å². The first kappa shape index (κ1) is 19.4. The molecule has 1 aliphatic heterocycles. The fraction of sp³-hybridized carbons (Fsp3) is 0.286. The van der Waals surface area contributed by atoms with E-state index in [0.717, 1.165) is 24.1 Å². The Kier molecular flexibility index (Phi) is 6.62. The second kappa shape index (κ2) is 9.55. The normalized spacial score (nSPS) is 14.7. The minimum absolute atomic E-state index is 0.0583. The minimum Gasteiger partial charge on any atom is -0.399 e. The molecule has 1 heterocycles. The number of hydrogen-bond donors (Lipinski definition) is 2. The van der Waals surface area contributed by atoms with Crippen molar-refractivity contribution in [1.82, 2.24) is 10.2 Å². The van der Waals surface area contributed by atoms with Crippen molar-refractivity contribution in [1.29, 1.82) is 0 Å². The highest BCUT2D eigenvalue weighted by atomic mass is 16.6. The van der Waals surface area contributed by atoms with Gasteiger partial charge in [-0.1, -0.05) is 35.5 Å². The molecule has 1 fully saturated rings. The summed E-state index contributed by atoms with van der Waals surface area (Å²) in [5.41, 5.74) is 2.23. The smallest absolute Gasteiger partial charge is 0.321 e. The average molecular weight is 380 g/mol. The Hall–Kier alpha value is -3.35. The number of hydrogen-bond acceptors (Lipinski definition) is 4. The fourth-order valence-electron chi connectivity index (χ4n) is 3.05. The Morgan fingerprint density at radius 3 is 2.39 bits per heavy atom. The molecule has 1 aliphatic rings. The van der Waals surface area contributed by atoms with Crippen LogP contribution < -0.4 is 10.6 Å². The Labute approximate surface area is 164 Å². The van der Waals surface area contributed by atoms with E-state index < -0.39 is 0 Å². The number of benzene rings is 2. The first-order valence-corrected chi connectivity index (χ1v) is 9.24. The van der Waals surface area contributed by atoms with E-state index in [2.05, 4.69) is 20.6 Å². The van der Waals surface area contributed by atoms with Crippen molar-refractivity contribution in [2.45, 2.75) is 18.9 Å². The lowest BCUT2D eigenvalue weighted by atomic mass is 10.0. The van der Waals surface area contributed by atoms with Gasteiger partial charge in [0, 0.05) is 30.4 Å². The molecule has 0 radical (unpaired) electrons. The van der Waals surface area contributed by atoms with Crippen LogP contribution in [-0.2, 0) is 4.84 Å². The average Bonchev–Trinajstić information content (AvgIpc) is 2.74. The second-order valence-electron chi connectivity index (χ2n) is 6.57. The molecule has 7 heteroatoms. The Morgan fingerprint density at radius 2 is 1.75 bits per heavy atom. The van der Waals surface area contributed by atoms with Crippen LogP contribution in [-0.4, -0.2) is 49.3 Å². The van der Waals surface area contributed by atoms with Crippen LogP contribution in [0.5, 0.6) is 0 Å². The molecule has 146 valence electrons. The summed E-state index contributed by atoms with van der Waals surface area (Å²) in [6.45, 7) is 1.21. The van der Waals surface area contributed by atoms with Crippen molar-refractivity contribution in [2.75, 3.05) is 25.5 Å². The molecule has 0 unspecified atom stereocenters. The lowest BCUT2D eigenvalue weighted by molar-refractivity contribution is 0.0919. The molecule has 0 aliphatic carbocycles. The van der Waals surface area contributed by atoms with E-state index >= 15 is 0 Å². The molecule has 7 nitrogen and oxygen atoms in total. The molecule has 3 amide bonds. The van der Waals surface area contributed by atoms with Gasteiger partial charge in [0.25, 0.3) is 5.91 Å². The van der Waals surface area contributed by atoms with Crippen molar-refractivity contribution in [2.24, 2.45) is 5.16 Å². The molecular weight excluding hydrogens is 356 g/mol. The number of carbonyl (C=O) groups excluding carboxylic acids is 2. The number of amides is 3. The molecule has 28 heavy (non-hydrogen) atoms.